The standard InChI is InChI=1S/C22H35NO4S/c1-2-3-4-5-6-7-8-9-10-11-22(24)27-21-14-12-20(13-15-21)23-16-18-28(25,26)19-17-23/h12-15H,2-11,16-19H2,1H3. The van der Waals surface area contributed by atoms with Crippen LogP contribution in [0, 0.1) is 0 Å². The van der Waals surface area contributed by atoms with Gasteiger partial charge in [-0.05, 0) is 30.7 Å². The second kappa shape index (κ2) is 12.1. The second-order valence-electron chi connectivity index (χ2n) is 7.69. The fourth-order valence-electron chi connectivity index (χ4n) is 3.46. The lowest BCUT2D eigenvalue weighted by Gasteiger charge is -2.28. The molecule has 1 heterocycles. The number of carbonyl (C=O) groups is 1. The Balaban J connectivity index is 1.59. The molecule has 0 saturated carbocycles. The lowest BCUT2D eigenvalue weighted by atomic mass is 10.1. The highest BCUT2D eigenvalue weighted by molar-refractivity contribution is 7.91. The lowest BCUT2D eigenvalue weighted by Crippen LogP contribution is -2.40. The summed E-state index contributed by atoms with van der Waals surface area (Å²) in [6.07, 6.45) is 11.5. The van der Waals surface area contributed by atoms with Crippen LogP contribution in [0.4, 0.5) is 5.69 Å². The molecule has 6 heteroatoms. The number of anilines is 1. The van der Waals surface area contributed by atoms with Crippen molar-refractivity contribution in [1.29, 1.82) is 0 Å². The van der Waals surface area contributed by atoms with Gasteiger partial charge in [0.15, 0.2) is 9.84 Å². The van der Waals surface area contributed by atoms with Crippen molar-refractivity contribution in [1.82, 2.24) is 0 Å². The molecule has 0 atom stereocenters. The molecule has 0 aromatic heterocycles. The highest BCUT2D eigenvalue weighted by atomic mass is 32.2. The van der Waals surface area contributed by atoms with Crippen molar-refractivity contribution < 1.29 is 17.9 Å². The van der Waals surface area contributed by atoms with E-state index in [0.29, 0.717) is 25.3 Å². The van der Waals surface area contributed by atoms with Gasteiger partial charge in [0.05, 0.1) is 11.5 Å². The average Bonchev–Trinajstić information content (AvgIpc) is 2.67. The van der Waals surface area contributed by atoms with Crippen LogP contribution in [0.25, 0.3) is 0 Å². The minimum Gasteiger partial charge on any atom is -0.427 e. The number of hydrogen-bond acceptors (Lipinski definition) is 5. The molecule has 2 rings (SSSR count). The molecule has 1 saturated heterocycles. The van der Waals surface area contributed by atoms with E-state index in [-0.39, 0.29) is 17.5 Å². The van der Waals surface area contributed by atoms with Gasteiger partial charge in [-0.3, -0.25) is 4.79 Å². The van der Waals surface area contributed by atoms with E-state index in [1.807, 2.05) is 12.1 Å². The molecule has 0 aliphatic carbocycles. The number of benzene rings is 1. The highest BCUT2D eigenvalue weighted by Gasteiger charge is 2.21. The molecule has 5 nitrogen and oxygen atoms in total. The summed E-state index contributed by atoms with van der Waals surface area (Å²) in [7, 11) is -2.88. The number of ether oxygens (including phenoxy) is 1. The molecule has 0 unspecified atom stereocenters. The zero-order chi connectivity index (χ0) is 20.2. The summed E-state index contributed by atoms with van der Waals surface area (Å²) in [6.45, 7) is 3.26. The predicted molar refractivity (Wildman–Crippen MR) is 115 cm³/mol. The molecule has 28 heavy (non-hydrogen) atoms. The molecule has 0 bridgehead atoms. The molecule has 0 radical (unpaired) electrons. The van der Waals surface area contributed by atoms with Gasteiger partial charge in [0.1, 0.15) is 5.75 Å². The van der Waals surface area contributed by atoms with Crippen LogP contribution in [0.1, 0.15) is 71.1 Å². The summed E-state index contributed by atoms with van der Waals surface area (Å²) in [5.74, 6) is 0.763. The first kappa shape index (κ1) is 22.7. The zero-order valence-electron chi connectivity index (χ0n) is 17.2. The number of carbonyl (C=O) groups excluding carboxylic acids is 1. The van der Waals surface area contributed by atoms with Crippen LogP contribution in [-0.4, -0.2) is 39.0 Å². The molecule has 1 fully saturated rings. The SMILES string of the molecule is CCCCCCCCCCCC(=O)Oc1ccc(N2CCS(=O)(=O)CC2)cc1. The molecule has 1 aliphatic rings. The van der Waals surface area contributed by atoms with Crippen molar-refractivity contribution in [2.45, 2.75) is 71.1 Å². The van der Waals surface area contributed by atoms with Crippen molar-refractivity contribution in [3.8, 4) is 5.75 Å². The van der Waals surface area contributed by atoms with Gasteiger partial charge in [0.2, 0.25) is 0 Å². The highest BCUT2D eigenvalue weighted by Crippen LogP contribution is 2.22. The van der Waals surface area contributed by atoms with Crippen molar-refractivity contribution in [2.24, 2.45) is 0 Å². The Bertz CT molecular complexity index is 671. The first-order valence-electron chi connectivity index (χ1n) is 10.8. The number of unbranched alkanes of at least 4 members (excludes halogenated alkanes) is 8. The summed E-state index contributed by atoms with van der Waals surface area (Å²) in [4.78, 5) is 14.0. The summed E-state index contributed by atoms with van der Waals surface area (Å²) in [5.41, 5.74) is 0.966. The molecule has 1 aromatic rings. The quantitative estimate of drug-likeness (QED) is 0.283. The van der Waals surface area contributed by atoms with Gasteiger partial charge >= 0.3 is 5.97 Å². The minimum absolute atomic E-state index is 0.181. The van der Waals surface area contributed by atoms with Crippen molar-refractivity contribution >= 4 is 21.5 Å². The molecule has 0 spiro atoms. The predicted octanol–water partition coefficient (Wildman–Crippen LogP) is 4.75. The summed E-state index contributed by atoms with van der Waals surface area (Å²) < 4.78 is 28.4. The molecule has 0 N–H and O–H groups in total. The van der Waals surface area contributed by atoms with Gasteiger partial charge in [-0.25, -0.2) is 8.42 Å². The number of esters is 1. The first-order valence-corrected chi connectivity index (χ1v) is 12.6. The fourth-order valence-corrected chi connectivity index (χ4v) is 4.66. The number of rotatable bonds is 12. The summed E-state index contributed by atoms with van der Waals surface area (Å²) >= 11 is 0. The average molecular weight is 410 g/mol. The van der Waals surface area contributed by atoms with E-state index in [9.17, 15) is 13.2 Å². The Morgan fingerprint density at radius 3 is 2.00 bits per heavy atom. The Kier molecular flexibility index (Phi) is 9.82. The van der Waals surface area contributed by atoms with Crippen LogP contribution < -0.4 is 9.64 Å². The molecular weight excluding hydrogens is 374 g/mol. The molecule has 158 valence electrons. The number of nitrogens with zero attached hydrogens (tertiary/aromatic N) is 1. The van der Waals surface area contributed by atoms with Crippen molar-refractivity contribution in [3.05, 3.63) is 24.3 Å². The van der Waals surface area contributed by atoms with E-state index in [1.54, 1.807) is 12.1 Å². The van der Waals surface area contributed by atoms with E-state index < -0.39 is 9.84 Å². The van der Waals surface area contributed by atoms with Gasteiger partial charge in [0.25, 0.3) is 0 Å². The van der Waals surface area contributed by atoms with E-state index >= 15 is 0 Å². The maximum Gasteiger partial charge on any atom is 0.311 e. The van der Waals surface area contributed by atoms with Crippen molar-refractivity contribution in [2.75, 3.05) is 29.5 Å². The molecule has 1 aromatic carbocycles. The molecule has 0 amide bonds. The first-order chi connectivity index (χ1) is 13.5. The van der Waals surface area contributed by atoms with Crippen molar-refractivity contribution in [3.63, 3.8) is 0 Å². The second-order valence-corrected chi connectivity index (χ2v) is 9.99. The Morgan fingerprint density at radius 2 is 1.43 bits per heavy atom. The Morgan fingerprint density at radius 1 is 0.893 bits per heavy atom. The van der Waals surface area contributed by atoms with Gasteiger partial charge in [-0.2, -0.15) is 0 Å². The topological polar surface area (TPSA) is 63.7 Å². The molecule has 1 aliphatic heterocycles. The van der Waals surface area contributed by atoms with Gasteiger partial charge in [0, 0.05) is 25.2 Å². The van der Waals surface area contributed by atoms with Crippen LogP contribution in [0.3, 0.4) is 0 Å². The van der Waals surface area contributed by atoms with Gasteiger partial charge in [-0.15, -0.1) is 0 Å². The van der Waals surface area contributed by atoms with E-state index in [0.717, 1.165) is 18.5 Å². The maximum atomic E-state index is 12.0. The summed E-state index contributed by atoms with van der Waals surface area (Å²) in [6, 6.07) is 7.34. The fraction of sp³-hybridized carbons (Fsp3) is 0.682. The molecular formula is C22H35NO4S. The third-order valence-electron chi connectivity index (χ3n) is 5.26. The van der Waals surface area contributed by atoms with Gasteiger partial charge < -0.3 is 9.64 Å². The normalized spacial score (nSPS) is 16.1. The third kappa shape index (κ3) is 8.63. The number of sulfone groups is 1. The maximum absolute atomic E-state index is 12.0. The lowest BCUT2D eigenvalue weighted by molar-refractivity contribution is -0.134. The van der Waals surface area contributed by atoms with Gasteiger partial charge in [-0.1, -0.05) is 58.3 Å². The Labute approximate surface area is 170 Å². The van der Waals surface area contributed by atoms with Crippen LogP contribution in [-0.2, 0) is 14.6 Å². The van der Waals surface area contributed by atoms with E-state index in [2.05, 4.69) is 11.8 Å². The largest absolute Gasteiger partial charge is 0.427 e. The van der Waals surface area contributed by atoms with Crippen LogP contribution >= 0.6 is 0 Å². The summed E-state index contributed by atoms with van der Waals surface area (Å²) in [5, 5.41) is 0. The number of hydrogen-bond donors (Lipinski definition) is 0. The smallest absolute Gasteiger partial charge is 0.311 e. The van der Waals surface area contributed by atoms with E-state index in [1.165, 1.54) is 44.9 Å². The third-order valence-corrected chi connectivity index (χ3v) is 6.87. The van der Waals surface area contributed by atoms with Crippen LogP contribution in [0.5, 0.6) is 5.75 Å². The zero-order valence-corrected chi connectivity index (χ0v) is 18.0. The van der Waals surface area contributed by atoms with E-state index in [4.69, 9.17) is 4.74 Å². The minimum atomic E-state index is -2.88. The Hall–Kier alpha value is -1.56. The van der Waals surface area contributed by atoms with Crippen LogP contribution in [0.15, 0.2) is 24.3 Å². The monoisotopic (exact) mass is 409 g/mol. The van der Waals surface area contributed by atoms with Crippen LogP contribution in [0.2, 0.25) is 0 Å².